The average molecular weight is 450 g/mol. The Hall–Kier alpha value is -4.10. The molecule has 0 N–H and O–H groups in total. The van der Waals surface area contributed by atoms with Crippen LogP contribution in [-0.2, 0) is 12.8 Å². The van der Waals surface area contributed by atoms with Crippen molar-refractivity contribution in [3.8, 4) is 16.8 Å². The van der Waals surface area contributed by atoms with Crippen molar-refractivity contribution >= 4 is 27.4 Å². The molecule has 0 bridgehead atoms. The molecule has 0 radical (unpaired) electrons. The first-order valence-electron chi connectivity index (χ1n) is 12.5. The van der Waals surface area contributed by atoms with Crippen molar-refractivity contribution in [3.63, 3.8) is 0 Å². The maximum Gasteiger partial charge on any atom is 0.0585 e. The molecule has 168 valence electrons. The molecule has 0 atom stereocenters. The van der Waals surface area contributed by atoms with E-state index in [1.807, 2.05) is 0 Å². The monoisotopic (exact) mass is 449 g/mol. The number of aryl methyl sites for hydroxylation is 1. The Morgan fingerprint density at radius 1 is 0.829 bits per heavy atom. The topological polar surface area (TPSA) is 4.93 Å². The van der Waals surface area contributed by atoms with Gasteiger partial charge in [-0.25, -0.2) is 0 Å². The van der Waals surface area contributed by atoms with Crippen molar-refractivity contribution in [1.29, 1.82) is 0 Å². The number of hydrogen-bond acceptors (Lipinski definition) is 0. The molecule has 35 heavy (non-hydrogen) atoms. The maximum absolute atomic E-state index is 4.27. The van der Waals surface area contributed by atoms with Gasteiger partial charge in [0.1, 0.15) is 0 Å². The summed E-state index contributed by atoms with van der Waals surface area (Å²) in [4.78, 5) is 0. The highest BCUT2D eigenvalue weighted by Gasteiger charge is 2.34. The van der Waals surface area contributed by atoms with Crippen LogP contribution in [0.15, 0.2) is 103 Å². The fourth-order valence-corrected chi connectivity index (χ4v) is 6.42. The van der Waals surface area contributed by atoms with Gasteiger partial charge in [0.15, 0.2) is 0 Å². The lowest BCUT2D eigenvalue weighted by molar-refractivity contribution is 1.14. The van der Waals surface area contributed by atoms with Gasteiger partial charge in [-0.15, -0.1) is 0 Å². The quantitative estimate of drug-likeness (QED) is 0.254. The molecule has 0 spiro atoms. The molecule has 2 aliphatic carbocycles. The van der Waals surface area contributed by atoms with Crippen LogP contribution >= 0.6 is 0 Å². The van der Waals surface area contributed by atoms with Gasteiger partial charge in [0.2, 0.25) is 0 Å². The van der Waals surface area contributed by atoms with Gasteiger partial charge in [0.05, 0.1) is 11.0 Å². The lowest BCUT2D eigenvalue weighted by Crippen LogP contribution is -2.00. The van der Waals surface area contributed by atoms with E-state index in [1.54, 1.807) is 0 Å². The van der Waals surface area contributed by atoms with Gasteiger partial charge in [0, 0.05) is 22.9 Å². The second-order valence-electron chi connectivity index (χ2n) is 9.77. The largest absolute Gasteiger partial charge is 0.309 e. The molecule has 1 heteroatoms. The Morgan fingerprint density at radius 2 is 1.60 bits per heavy atom. The molecular formula is C34H27N. The molecule has 4 aromatic carbocycles. The molecule has 0 saturated carbocycles. The molecule has 0 fully saturated rings. The Morgan fingerprint density at radius 3 is 2.40 bits per heavy atom. The van der Waals surface area contributed by atoms with Crippen LogP contribution in [0.25, 0.3) is 44.2 Å². The van der Waals surface area contributed by atoms with E-state index in [-0.39, 0.29) is 0 Å². The first kappa shape index (κ1) is 20.3. The second-order valence-corrected chi connectivity index (χ2v) is 9.77. The van der Waals surface area contributed by atoms with Gasteiger partial charge in [-0.3, -0.25) is 0 Å². The molecule has 0 amide bonds. The van der Waals surface area contributed by atoms with Gasteiger partial charge in [-0.2, -0.15) is 0 Å². The van der Waals surface area contributed by atoms with Crippen LogP contribution in [0.4, 0.5) is 0 Å². The van der Waals surface area contributed by atoms with Crippen molar-refractivity contribution in [1.82, 2.24) is 4.57 Å². The Bertz CT molecular complexity index is 1750. The van der Waals surface area contributed by atoms with Crippen molar-refractivity contribution < 1.29 is 0 Å². The summed E-state index contributed by atoms with van der Waals surface area (Å²) in [5, 5.41) is 2.76. The first-order valence-corrected chi connectivity index (χ1v) is 12.5. The maximum atomic E-state index is 4.27. The number of allylic oxidation sites excluding steroid dienone is 5. The number of nitrogens with zero attached hydrogens (tertiary/aromatic N) is 1. The number of fused-ring (bicyclic) bond motifs is 10. The molecule has 1 heterocycles. The van der Waals surface area contributed by atoms with Crippen molar-refractivity contribution in [2.24, 2.45) is 0 Å². The second kappa shape index (κ2) is 7.45. The van der Waals surface area contributed by atoms with Crippen LogP contribution in [-0.4, -0.2) is 4.57 Å². The van der Waals surface area contributed by atoms with E-state index < -0.39 is 0 Å². The summed E-state index contributed by atoms with van der Waals surface area (Å²) >= 11 is 0. The number of hydrogen-bond donors (Lipinski definition) is 0. The van der Waals surface area contributed by atoms with E-state index in [1.165, 1.54) is 77.6 Å². The lowest BCUT2D eigenvalue weighted by atomic mass is 9.89. The summed E-state index contributed by atoms with van der Waals surface area (Å²) in [6, 6.07) is 26.9. The van der Waals surface area contributed by atoms with E-state index in [0.717, 1.165) is 12.8 Å². The summed E-state index contributed by atoms with van der Waals surface area (Å²) in [6.45, 7) is 8.53. The molecule has 5 aromatic rings. The molecular weight excluding hydrogens is 422 g/mol. The molecule has 2 aliphatic rings. The zero-order valence-corrected chi connectivity index (χ0v) is 20.2. The molecule has 0 saturated heterocycles. The SMILES string of the molecule is C=CC1=C(/C=C\C)Cc2c1c1c(c3c4ccccc4n(-c4ccc(C)cc4)c23)Cc2ccccc2-1. The molecule has 1 nitrogen and oxygen atoms in total. The van der Waals surface area contributed by atoms with Crippen molar-refractivity contribution in [3.05, 3.63) is 131 Å². The Kier molecular flexibility index (Phi) is 4.32. The van der Waals surface area contributed by atoms with Crippen molar-refractivity contribution in [2.75, 3.05) is 0 Å². The lowest BCUT2D eigenvalue weighted by Gasteiger charge is -2.16. The predicted molar refractivity (Wildman–Crippen MR) is 149 cm³/mol. The smallest absolute Gasteiger partial charge is 0.0585 e. The minimum atomic E-state index is 0.926. The predicted octanol–water partition coefficient (Wildman–Crippen LogP) is 8.74. The fourth-order valence-electron chi connectivity index (χ4n) is 6.42. The van der Waals surface area contributed by atoms with Gasteiger partial charge in [0.25, 0.3) is 0 Å². The van der Waals surface area contributed by atoms with E-state index in [0.29, 0.717) is 0 Å². The summed E-state index contributed by atoms with van der Waals surface area (Å²) in [7, 11) is 0. The van der Waals surface area contributed by atoms with Gasteiger partial charge in [-0.1, -0.05) is 85.0 Å². The normalized spacial score (nSPS) is 14.2. The zero-order valence-electron chi connectivity index (χ0n) is 20.2. The van der Waals surface area contributed by atoms with Crippen molar-refractivity contribution in [2.45, 2.75) is 26.7 Å². The number of aromatic nitrogens is 1. The third kappa shape index (κ3) is 2.70. The standard InChI is InChI=1S/C34H27N/c1-4-10-22-20-29-31(25(22)5-2)32-26-12-7-6-11-23(26)19-28(32)33-27-13-8-9-14-30(27)35(34(29)33)24-17-15-21(3)16-18-24/h4-18H,2,19-20H2,1,3H3/b10-4-. The van der Waals surface area contributed by atoms with Crippen LogP contribution in [0.5, 0.6) is 0 Å². The minimum Gasteiger partial charge on any atom is -0.309 e. The zero-order chi connectivity index (χ0) is 23.7. The van der Waals surface area contributed by atoms with Crippen LogP contribution in [0, 0.1) is 6.92 Å². The molecule has 0 unspecified atom stereocenters. The van der Waals surface area contributed by atoms with Gasteiger partial charge < -0.3 is 4.57 Å². The highest BCUT2D eigenvalue weighted by atomic mass is 15.0. The Labute approximate surface area is 206 Å². The third-order valence-electron chi connectivity index (χ3n) is 7.82. The highest BCUT2D eigenvalue weighted by Crippen LogP contribution is 2.53. The van der Waals surface area contributed by atoms with Gasteiger partial charge >= 0.3 is 0 Å². The molecule has 0 aliphatic heterocycles. The van der Waals surface area contributed by atoms with E-state index in [9.17, 15) is 0 Å². The van der Waals surface area contributed by atoms with Gasteiger partial charge in [-0.05, 0) is 83.0 Å². The van der Waals surface area contributed by atoms with E-state index >= 15 is 0 Å². The first-order chi connectivity index (χ1) is 17.2. The average Bonchev–Trinajstić information content (AvgIpc) is 3.54. The Balaban J connectivity index is 1.72. The third-order valence-corrected chi connectivity index (χ3v) is 7.82. The summed E-state index contributed by atoms with van der Waals surface area (Å²) < 4.78 is 2.51. The molecule has 7 rings (SSSR count). The van der Waals surface area contributed by atoms with E-state index in [4.69, 9.17) is 0 Å². The summed E-state index contributed by atoms with van der Waals surface area (Å²) in [5.41, 5.74) is 16.3. The number of benzene rings is 4. The van der Waals surface area contributed by atoms with Crippen LogP contribution in [0.3, 0.4) is 0 Å². The number of para-hydroxylation sites is 1. The van der Waals surface area contributed by atoms with Crippen LogP contribution < -0.4 is 0 Å². The summed E-state index contributed by atoms with van der Waals surface area (Å²) in [6.07, 6.45) is 8.41. The molecule has 1 aromatic heterocycles. The highest BCUT2D eigenvalue weighted by molar-refractivity contribution is 6.18. The minimum absolute atomic E-state index is 0.926. The van der Waals surface area contributed by atoms with E-state index in [2.05, 4.69) is 116 Å². The number of rotatable bonds is 3. The fraction of sp³-hybridized carbons (Fsp3) is 0.118. The van der Waals surface area contributed by atoms with Crippen LogP contribution in [0.1, 0.15) is 34.7 Å². The summed E-state index contributed by atoms with van der Waals surface area (Å²) in [5.74, 6) is 0. The van der Waals surface area contributed by atoms with Crippen LogP contribution in [0.2, 0.25) is 0 Å².